The summed E-state index contributed by atoms with van der Waals surface area (Å²) in [6.07, 6.45) is 4.58. The Balaban J connectivity index is 1.51. The minimum absolute atomic E-state index is 0.0800. The standard InChI is InChI=1S/C21H20N2O6/c1-12(24)23-7-4-13(5-8-23)20-22-18(19(29-20)15-6-9-26-21(15)25)14-2-3-16-17(10-14)28-11-27-16/h2-3,6,9-10,13,15H,4-5,7-8,11H2,1H3. The third-order valence-electron chi connectivity index (χ3n) is 5.60. The normalized spacial score (nSPS) is 20.9. The van der Waals surface area contributed by atoms with Crippen LogP contribution in [0.1, 0.15) is 43.3 Å². The first-order valence-corrected chi connectivity index (χ1v) is 9.63. The molecular weight excluding hydrogens is 376 g/mol. The molecule has 0 radical (unpaired) electrons. The summed E-state index contributed by atoms with van der Waals surface area (Å²) in [5.41, 5.74) is 1.38. The highest BCUT2D eigenvalue weighted by Crippen LogP contribution is 2.41. The second-order valence-corrected chi connectivity index (χ2v) is 7.36. The summed E-state index contributed by atoms with van der Waals surface area (Å²) in [5.74, 6) is 1.52. The summed E-state index contributed by atoms with van der Waals surface area (Å²) >= 11 is 0. The monoisotopic (exact) mass is 396 g/mol. The number of hydrogen-bond donors (Lipinski definition) is 0. The van der Waals surface area contributed by atoms with E-state index >= 15 is 0 Å². The first-order chi connectivity index (χ1) is 14.1. The van der Waals surface area contributed by atoms with Gasteiger partial charge in [0.2, 0.25) is 12.7 Å². The fourth-order valence-corrected chi connectivity index (χ4v) is 3.96. The van der Waals surface area contributed by atoms with Crippen LogP contribution in [0.15, 0.2) is 35.0 Å². The summed E-state index contributed by atoms with van der Waals surface area (Å²) in [5, 5.41) is 0. The van der Waals surface area contributed by atoms with Crippen LogP contribution in [0.2, 0.25) is 0 Å². The predicted molar refractivity (Wildman–Crippen MR) is 100 cm³/mol. The topological polar surface area (TPSA) is 91.1 Å². The van der Waals surface area contributed by atoms with Gasteiger partial charge in [0.05, 0.1) is 6.26 Å². The van der Waals surface area contributed by atoms with Crippen LogP contribution in [0, 0.1) is 0 Å². The van der Waals surface area contributed by atoms with Gasteiger partial charge in [-0.3, -0.25) is 9.59 Å². The maximum atomic E-state index is 12.2. The lowest BCUT2D eigenvalue weighted by atomic mass is 9.97. The van der Waals surface area contributed by atoms with Crippen LogP contribution in [0.4, 0.5) is 0 Å². The highest BCUT2D eigenvalue weighted by molar-refractivity contribution is 5.85. The van der Waals surface area contributed by atoms with Crippen LogP contribution in [-0.4, -0.2) is 41.6 Å². The number of piperidine rings is 1. The van der Waals surface area contributed by atoms with Gasteiger partial charge >= 0.3 is 5.97 Å². The smallest absolute Gasteiger partial charge is 0.325 e. The van der Waals surface area contributed by atoms with Gasteiger partial charge in [-0.1, -0.05) is 0 Å². The van der Waals surface area contributed by atoms with Gasteiger partial charge in [0.25, 0.3) is 0 Å². The fraction of sp³-hybridized carbons (Fsp3) is 0.381. The largest absolute Gasteiger partial charge is 0.454 e. The third-order valence-corrected chi connectivity index (χ3v) is 5.60. The van der Waals surface area contributed by atoms with E-state index in [0.29, 0.717) is 41.9 Å². The average molecular weight is 396 g/mol. The Morgan fingerprint density at radius 3 is 2.69 bits per heavy atom. The Kier molecular flexibility index (Phi) is 4.26. The number of hydrogen-bond acceptors (Lipinski definition) is 7. The summed E-state index contributed by atoms with van der Waals surface area (Å²) in [4.78, 5) is 30.4. The predicted octanol–water partition coefficient (Wildman–Crippen LogP) is 2.95. The zero-order valence-electron chi connectivity index (χ0n) is 15.9. The van der Waals surface area contributed by atoms with E-state index in [1.165, 1.54) is 6.26 Å². The Morgan fingerprint density at radius 1 is 1.17 bits per heavy atom. The van der Waals surface area contributed by atoms with Gasteiger partial charge in [0.1, 0.15) is 11.6 Å². The van der Waals surface area contributed by atoms with E-state index in [2.05, 4.69) is 0 Å². The number of likely N-dealkylation sites (tertiary alicyclic amines) is 1. The number of amides is 1. The van der Waals surface area contributed by atoms with Gasteiger partial charge in [0, 0.05) is 31.5 Å². The molecule has 1 amide bonds. The molecule has 8 nitrogen and oxygen atoms in total. The molecular formula is C21H20N2O6. The molecule has 0 saturated carbocycles. The number of ether oxygens (including phenoxy) is 3. The van der Waals surface area contributed by atoms with E-state index in [1.54, 1.807) is 13.0 Å². The molecule has 1 fully saturated rings. The van der Waals surface area contributed by atoms with Crippen molar-refractivity contribution in [3.8, 4) is 22.8 Å². The Labute approximate surface area is 167 Å². The first kappa shape index (κ1) is 17.8. The molecule has 3 aliphatic heterocycles. The first-order valence-electron chi connectivity index (χ1n) is 9.63. The van der Waals surface area contributed by atoms with Crippen molar-refractivity contribution in [2.45, 2.75) is 31.6 Å². The number of rotatable bonds is 3. The van der Waals surface area contributed by atoms with Crippen molar-refractivity contribution >= 4 is 11.9 Å². The van der Waals surface area contributed by atoms with Crippen molar-refractivity contribution in [2.75, 3.05) is 19.9 Å². The average Bonchev–Trinajstić information content (AvgIpc) is 3.46. The Bertz CT molecular complexity index is 1000. The minimum Gasteiger partial charge on any atom is -0.454 e. The number of cyclic esters (lactones) is 1. The van der Waals surface area contributed by atoms with E-state index in [9.17, 15) is 9.59 Å². The molecule has 0 N–H and O–H groups in total. The second kappa shape index (κ2) is 6.95. The molecule has 0 aliphatic carbocycles. The number of esters is 1. The SMILES string of the molecule is CC(=O)N1CCC(c2nc(-c3ccc4c(c3)OCO4)c(C3C=COC3=O)o2)CC1. The Morgan fingerprint density at radius 2 is 1.97 bits per heavy atom. The molecule has 5 rings (SSSR count). The summed E-state index contributed by atoms with van der Waals surface area (Å²) in [6, 6.07) is 5.54. The number of oxazole rings is 1. The zero-order valence-corrected chi connectivity index (χ0v) is 15.9. The van der Waals surface area contributed by atoms with Crippen LogP contribution in [0.3, 0.4) is 0 Å². The van der Waals surface area contributed by atoms with Gasteiger partial charge in [-0.25, -0.2) is 4.98 Å². The molecule has 4 heterocycles. The van der Waals surface area contributed by atoms with E-state index < -0.39 is 5.92 Å². The van der Waals surface area contributed by atoms with Crippen LogP contribution in [-0.2, 0) is 14.3 Å². The molecule has 0 spiro atoms. The van der Waals surface area contributed by atoms with Gasteiger partial charge in [0.15, 0.2) is 23.1 Å². The lowest BCUT2D eigenvalue weighted by Gasteiger charge is -2.29. The molecule has 0 bridgehead atoms. The van der Waals surface area contributed by atoms with E-state index in [-0.39, 0.29) is 24.6 Å². The van der Waals surface area contributed by atoms with Crippen LogP contribution < -0.4 is 9.47 Å². The molecule has 29 heavy (non-hydrogen) atoms. The van der Waals surface area contributed by atoms with Gasteiger partial charge in [-0.2, -0.15) is 0 Å². The summed E-state index contributed by atoms with van der Waals surface area (Å²) in [7, 11) is 0. The van der Waals surface area contributed by atoms with Crippen molar-refractivity contribution in [1.82, 2.24) is 9.88 Å². The van der Waals surface area contributed by atoms with Gasteiger partial charge in [-0.05, 0) is 37.1 Å². The second-order valence-electron chi connectivity index (χ2n) is 7.36. The number of carbonyl (C=O) groups excluding carboxylic acids is 2. The number of carbonyl (C=O) groups is 2. The van der Waals surface area contributed by atoms with Gasteiger partial charge < -0.3 is 23.5 Å². The van der Waals surface area contributed by atoms with Crippen LogP contribution in [0.5, 0.6) is 11.5 Å². The van der Waals surface area contributed by atoms with Crippen molar-refractivity contribution in [3.05, 3.63) is 42.2 Å². The number of nitrogens with zero attached hydrogens (tertiary/aromatic N) is 2. The maximum Gasteiger partial charge on any atom is 0.325 e. The van der Waals surface area contributed by atoms with Crippen molar-refractivity contribution < 1.29 is 28.2 Å². The lowest BCUT2D eigenvalue weighted by Crippen LogP contribution is -2.36. The quantitative estimate of drug-likeness (QED) is 0.737. The van der Waals surface area contributed by atoms with E-state index in [4.69, 9.17) is 23.6 Å². The number of aromatic nitrogens is 1. The minimum atomic E-state index is -0.631. The Hall–Kier alpha value is -3.29. The van der Waals surface area contributed by atoms with Crippen molar-refractivity contribution in [2.24, 2.45) is 0 Å². The highest BCUT2D eigenvalue weighted by Gasteiger charge is 2.34. The van der Waals surface area contributed by atoms with Crippen LogP contribution >= 0.6 is 0 Å². The van der Waals surface area contributed by atoms with Crippen LogP contribution in [0.25, 0.3) is 11.3 Å². The summed E-state index contributed by atoms with van der Waals surface area (Å²) in [6.45, 7) is 3.10. The molecule has 2 aromatic rings. The molecule has 1 unspecified atom stereocenters. The maximum absolute atomic E-state index is 12.2. The molecule has 1 aromatic carbocycles. The van der Waals surface area contributed by atoms with E-state index in [1.807, 2.05) is 23.1 Å². The van der Waals surface area contributed by atoms with E-state index in [0.717, 1.165) is 18.4 Å². The molecule has 1 saturated heterocycles. The molecule has 150 valence electrons. The molecule has 1 atom stereocenters. The number of benzene rings is 1. The molecule has 3 aliphatic rings. The summed E-state index contributed by atoms with van der Waals surface area (Å²) < 4.78 is 22.0. The van der Waals surface area contributed by atoms with Crippen molar-refractivity contribution in [3.63, 3.8) is 0 Å². The number of fused-ring (bicyclic) bond motifs is 1. The lowest BCUT2D eigenvalue weighted by molar-refractivity contribution is -0.137. The molecule has 8 heteroatoms. The molecule has 1 aromatic heterocycles. The fourth-order valence-electron chi connectivity index (χ4n) is 3.96. The zero-order chi connectivity index (χ0) is 20.0. The third kappa shape index (κ3) is 3.14. The highest BCUT2D eigenvalue weighted by atomic mass is 16.7. The van der Waals surface area contributed by atoms with Gasteiger partial charge in [-0.15, -0.1) is 0 Å². The van der Waals surface area contributed by atoms with Crippen molar-refractivity contribution in [1.29, 1.82) is 0 Å².